The van der Waals surface area contributed by atoms with Gasteiger partial charge in [0.15, 0.2) is 0 Å². The van der Waals surface area contributed by atoms with Crippen molar-refractivity contribution in [2.24, 2.45) is 0 Å². The van der Waals surface area contributed by atoms with E-state index < -0.39 is 12.0 Å². The molecule has 0 radical (unpaired) electrons. The van der Waals surface area contributed by atoms with Crippen LogP contribution < -0.4 is 5.32 Å². The highest BCUT2D eigenvalue weighted by Gasteiger charge is 2.17. The third kappa shape index (κ3) is 5.16. The summed E-state index contributed by atoms with van der Waals surface area (Å²) < 4.78 is 0. The van der Waals surface area contributed by atoms with E-state index in [0.717, 1.165) is 10.4 Å². The minimum atomic E-state index is -0.945. The summed E-state index contributed by atoms with van der Waals surface area (Å²) in [6, 6.07) is 10.4. The van der Waals surface area contributed by atoms with Gasteiger partial charge in [-0.05, 0) is 18.1 Å². The van der Waals surface area contributed by atoms with E-state index in [9.17, 15) is 9.59 Å². The molecule has 1 heterocycles. The average Bonchev–Trinajstić information content (AvgIpc) is 2.91. The highest BCUT2D eigenvalue weighted by atomic mass is 35.5. The SMILES string of the molecule is O=C(O)CC(NC(=O)CCc1cc(Cl)cs1)c1ccccc1. The number of benzene rings is 1. The lowest BCUT2D eigenvalue weighted by atomic mass is 10.0. The van der Waals surface area contributed by atoms with E-state index >= 15 is 0 Å². The van der Waals surface area contributed by atoms with Crippen molar-refractivity contribution in [2.75, 3.05) is 0 Å². The molecular weight excluding hydrogens is 322 g/mol. The fourth-order valence-corrected chi connectivity index (χ4v) is 3.18. The van der Waals surface area contributed by atoms with Crippen LogP contribution in [0.3, 0.4) is 0 Å². The van der Waals surface area contributed by atoms with Gasteiger partial charge in [0, 0.05) is 16.7 Å². The minimum absolute atomic E-state index is 0.138. The Kier molecular flexibility index (Phi) is 5.98. The van der Waals surface area contributed by atoms with Crippen molar-refractivity contribution in [3.05, 3.63) is 57.2 Å². The number of rotatable bonds is 7. The molecule has 4 nitrogen and oxygen atoms in total. The average molecular weight is 338 g/mol. The normalized spacial score (nSPS) is 11.9. The second-order valence-electron chi connectivity index (χ2n) is 4.86. The topological polar surface area (TPSA) is 66.4 Å². The van der Waals surface area contributed by atoms with Crippen LogP contribution in [0.25, 0.3) is 0 Å². The number of carbonyl (C=O) groups excluding carboxylic acids is 1. The van der Waals surface area contributed by atoms with E-state index in [1.165, 1.54) is 11.3 Å². The summed E-state index contributed by atoms with van der Waals surface area (Å²) in [5, 5.41) is 14.3. The summed E-state index contributed by atoms with van der Waals surface area (Å²) in [6.45, 7) is 0. The Hall–Kier alpha value is -1.85. The van der Waals surface area contributed by atoms with Gasteiger partial charge in [0.2, 0.25) is 5.91 Å². The maximum atomic E-state index is 12.1. The summed E-state index contributed by atoms with van der Waals surface area (Å²) in [6.07, 6.45) is 0.762. The molecule has 0 saturated heterocycles. The number of hydrogen-bond acceptors (Lipinski definition) is 3. The first-order valence-electron chi connectivity index (χ1n) is 6.83. The van der Waals surface area contributed by atoms with Crippen molar-refractivity contribution in [1.29, 1.82) is 0 Å². The molecule has 0 aliphatic rings. The van der Waals surface area contributed by atoms with Gasteiger partial charge in [-0.2, -0.15) is 0 Å². The Morgan fingerprint density at radius 1 is 1.27 bits per heavy atom. The van der Waals surface area contributed by atoms with Gasteiger partial charge in [-0.25, -0.2) is 0 Å². The van der Waals surface area contributed by atoms with Crippen molar-refractivity contribution in [3.63, 3.8) is 0 Å². The predicted molar refractivity (Wildman–Crippen MR) is 87.2 cm³/mol. The molecule has 22 heavy (non-hydrogen) atoms. The molecule has 2 rings (SSSR count). The first kappa shape index (κ1) is 16.5. The van der Waals surface area contributed by atoms with Crippen molar-refractivity contribution in [3.8, 4) is 0 Å². The Morgan fingerprint density at radius 2 is 2.00 bits per heavy atom. The predicted octanol–water partition coefficient (Wildman–Crippen LogP) is 3.67. The van der Waals surface area contributed by atoms with Gasteiger partial charge in [0.05, 0.1) is 17.5 Å². The van der Waals surface area contributed by atoms with E-state index in [1.807, 2.05) is 41.8 Å². The summed E-state index contributed by atoms with van der Waals surface area (Å²) in [5.41, 5.74) is 0.789. The second-order valence-corrected chi connectivity index (χ2v) is 6.29. The highest BCUT2D eigenvalue weighted by Crippen LogP contribution is 2.21. The maximum absolute atomic E-state index is 12.1. The lowest BCUT2D eigenvalue weighted by molar-refractivity contribution is -0.137. The van der Waals surface area contributed by atoms with Gasteiger partial charge in [0.1, 0.15) is 0 Å². The molecule has 1 aromatic heterocycles. The highest BCUT2D eigenvalue weighted by molar-refractivity contribution is 7.10. The van der Waals surface area contributed by atoms with Gasteiger partial charge >= 0.3 is 5.97 Å². The summed E-state index contributed by atoms with van der Waals surface area (Å²) in [4.78, 5) is 24.1. The lowest BCUT2D eigenvalue weighted by Gasteiger charge is -2.17. The van der Waals surface area contributed by atoms with Crippen LogP contribution in [0, 0.1) is 0 Å². The van der Waals surface area contributed by atoms with Crippen molar-refractivity contribution in [1.82, 2.24) is 5.32 Å². The van der Waals surface area contributed by atoms with Crippen molar-refractivity contribution in [2.45, 2.75) is 25.3 Å². The molecule has 1 atom stereocenters. The quantitative estimate of drug-likeness (QED) is 0.810. The van der Waals surface area contributed by atoms with Gasteiger partial charge in [-0.1, -0.05) is 41.9 Å². The van der Waals surface area contributed by atoms with Crippen LogP contribution in [0.4, 0.5) is 0 Å². The van der Waals surface area contributed by atoms with Crippen LogP contribution in [0.5, 0.6) is 0 Å². The van der Waals surface area contributed by atoms with Crippen LogP contribution in [-0.4, -0.2) is 17.0 Å². The molecule has 0 bridgehead atoms. The number of carboxylic acid groups (broad SMARTS) is 1. The monoisotopic (exact) mass is 337 g/mol. The molecule has 6 heteroatoms. The number of carboxylic acids is 1. The maximum Gasteiger partial charge on any atom is 0.305 e. The number of aliphatic carboxylic acids is 1. The van der Waals surface area contributed by atoms with Crippen LogP contribution in [0.15, 0.2) is 41.8 Å². The number of nitrogens with one attached hydrogen (secondary N) is 1. The van der Waals surface area contributed by atoms with Crippen molar-refractivity contribution < 1.29 is 14.7 Å². The standard InChI is InChI=1S/C16H16ClNO3S/c17-12-8-13(22-10-12)6-7-15(19)18-14(9-16(20)21)11-4-2-1-3-5-11/h1-5,8,10,14H,6-7,9H2,(H,18,19)(H,20,21). The minimum Gasteiger partial charge on any atom is -0.481 e. The van der Waals surface area contributed by atoms with E-state index in [4.69, 9.17) is 16.7 Å². The van der Waals surface area contributed by atoms with Gasteiger partial charge < -0.3 is 10.4 Å². The number of aryl methyl sites for hydroxylation is 1. The number of halogens is 1. The largest absolute Gasteiger partial charge is 0.481 e. The van der Waals surface area contributed by atoms with Crippen LogP contribution >= 0.6 is 22.9 Å². The number of amides is 1. The molecule has 1 amide bonds. The Morgan fingerprint density at radius 3 is 2.59 bits per heavy atom. The Bertz CT molecular complexity index is 642. The first-order valence-corrected chi connectivity index (χ1v) is 8.09. The first-order chi connectivity index (χ1) is 10.5. The molecule has 2 N–H and O–H groups in total. The fraction of sp³-hybridized carbons (Fsp3) is 0.250. The molecular formula is C16H16ClNO3S. The third-order valence-corrected chi connectivity index (χ3v) is 4.48. The molecule has 1 unspecified atom stereocenters. The number of hydrogen-bond donors (Lipinski definition) is 2. The molecule has 0 aliphatic heterocycles. The molecule has 0 saturated carbocycles. The van der Waals surface area contributed by atoms with Gasteiger partial charge in [-0.3, -0.25) is 9.59 Å². The zero-order valence-corrected chi connectivity index (χ0v) is 13.4. The number of carbonyl (C=O) groups is 2. The molecule has 2 aromatic rings. The van der Waals surface area contributed by atoms with Crippen molar-refractivity contribution >= 4 is 34.8 Å². The van der Waals surface area contributed by atoms with E-state index in [1.54, 1.807) is 0 Å². The van der Waals surface area contributed by atoms with E-state index in [2.05, 4.69) is 5.32 Å². The lowest BCUT2D eigenvalue weighted by Crippen LogP contribution is -2.30. The third-order valence-electron chi connectivity index (χ3n) is 3.14. The number of thiophene rings is 1. The Balaban J connectivity index is 1.94. The second kappa shape index (κ2) is 7.96. The van der Waals surface area contributed by atoms with Crippen LogP contribution in [-0.2, 0) is 16.0 Å². The molecule has 0 aliphatic carbocycles. The van der Waals surface area contributed by atoms with Crippen LogP contribution in [0.2, 0.25) is 5.02 Å². The molecule has 1 aromatic carbocycles. The molecule has 0 fully saturated rings. The van der Waals surface area contributed by atoms with E-state index in [-0.39, 0.29) is 12.3 Å². The van der Waals surface area contributed by atoms with E-state index in [0.29, 0.717) is 17.9 Å². The summed E-state index contributed by atoms with van der Waals surface area (Å²) in [5.74, 6) is -1.11. The molecule has 0 spiro atoms. The van der Waals surface area contributed by atoms with Crippen LogP contribution in [0.1, 0.15) is 29.3 Å². The zero-order valence-electron chi connectivity index (χ0n) is 11.8. The van der Waals surface area contributed by atoms with Gasteiger partial charge in [0.25, 0.3) is 0 Å². The van der Waals surface area contributed by atoms with Gasteiger partial charge in [-0.15, -0.1) is 11.3 Å². The summed E-state index contributed by atoms with van der Waals surface area (Å²) >= 11 is 7.35. The molecule has 116 valence electrons. The zero-order chi connectivity index (χ0) is 15.9. The fourth-order valence-electron chi connectivity index (χ4n) is 2.10. The smallest absolute Gasteiger partial charge is 0.305 e. The summed E-state index contributed by atoms with van der Waals surface area (Å²) in [7, 11) is 0. The Labute approximate surface area is 137 Å².